The summed E-state index contributed by atoms with van der Waals surface area (Å²) in [6.45, 7) is 6.50. The normalized spacial score (nSPS) is 12.6. The summed E-state index contributed by atoms with van der Waals surface area (Å²) in [6.07, 6.45) is 5.79. The Hall–Kier alpha value is -4.26. The molecule has 0 fully saturated rings. The second kappa shape index (κ2) is 18.5. The lowest BCUT2D eigenvalue weighted by Crippen LogP contribution is -2.42. The summed E-state index contributed by atoms with van der Waals surface area (Å²) in [4.78, 5) is 68.6. The van der Waals surface area contributed by atoms with E-state index in [1.165, 1.54) is 26.2 Å². The first-order valence-electron chi connectivity index (χ1n) is 15.1. The van der Waals surface area contributed by atoms with Gasteiger partial charge in [-0.1, -0.05) is 19.9 Å². The zero-order chi connectivity index (χ0) is 33.4. The molecule has 1 aromatic carbocycles. The van der Waals surface area contributed by atoms with Gasteiger partial charge in [-0.15, -0.1) is 0 Å². The maximum atomic E-state index is 13.8. The van der Waals surface area contributed by atoms with E-state index in [0.717, 1.165) is 0 Å². The number of amides is 3. The number of hydrogen-bond donors (Lipinski definition) is 5. The van der Waals surface area contributed by atoms with Gasteiger partial charge in [0.25, 0.3) is 0 Å². The number of aryl methyl sites for hydroxylation is 1. The first-order valence-corrected chi connectivity index (χ1v) is 15.1. The molecule has 0 aliphatic heterocycles. The summed E-state index contributed by atoms with van der Waals surface area (Å²) in [6, 6.07) is 4.37. The van der Waals surface area contributed by atoms with E-state index < -0.39 is 23.2 Å². The highest BCUT2D eigenvalue weighted by molar-refractivity contribution is 5.94. The highest BCUT2D eigenvalue weighted by Crippen LogP contribution is 2.33. The summed E-state index contributed by atoms with van der Waals surface area (Å²) < 4.78 is 6.91. The van der Waals surface area contributed by atoms with Crippen LogP contribution in [0.4, 0.5) is 0 Å². The molecule has 248 valence electrons. The van der Waals surface area contributed by atoms with E-state index >= 15 is 0 Å². The van der Waals surface area contributed by atoms with E-state index in [9.17, 15) is 34.2 Å². The summed E-state index contributed by atoms with van der Waals surface area (Å²) in [5.74, 6) is -3.97. The van der Waals surface area contributed by atoms with Crippen LogP contribution in [-0.2, 0) is 41.7 Å². The molecule has 2 rings (SSSR count). The van der Waals surface area contributed by atoms with E-state index in [-0.39, 0.29) is 80.3 Å². The fourth-order valence-electron chi connectivity index (χ4n) is 5.12. The second-order valence-electron chi connectivity index (χ2n) is 11.9. The third-order valence-electron chi connectivity index (χ3n) is 7.42. The topological polar surface area (TPSA) is 189 Å². The fraction of sp³-hybridized carbons (Fsp3) is 0.562. The van der Waals surface area contributed by atoms with E-state index in [0.29, 0.717) is 31.5 Å². The number of benzene rings is 1. The van der Waals surface area contributed by atoms with Crippen molar-refractivity contribution in [1.29, 1.82) is 0 Å². The molecule has 0 bridgehead atoms. The van der Waals surface area contributed by atoms with Crippen molar-refractivity contribution in [1.82, 2.24) is 25.5 Å². The average Bonchev–Trinajstić information content (AvgIpc) is 3.49. The van der Waals surface area contributed by atoms with Crippen LogP contribution in [0.15, 0.2) is 36.9 Å². The Morgan fingerprint density at radius 3 is 2.24 bits per heavy atom. The molecule has 0 aliphatic carbocycles. The quantitative estimate of drug-likeness (QED) is 0.101. The lowest BCUT2D eigenvalue weighted by atomic mass is 9.72. The number of carbonyl (C=O) groups is 5. The monoisotopic (exact) mass is 629 g/mol. The first-order chi connectivity index (χ1) is 21.3. The molecule has 45 heavy (non-hydrogen) atoms. The molecule has 0 saturated carbocycles. The highest BCUT2D eigenvalue weighted by Gasteiger charge is 2.39. The van der Waals surface area contributed by atoms with E-state index in [2.05, 4.69) is 20.9 Å². The number of hydrogen-bond acceptors (Lipinski definition) is 9. The number of ether oxygens (including phenoxy) is 1. The van der Waals surface area contributed by atoms with Gasteiger partial charge in [0.2, 0.25) is 17.7 Å². The number of aromatic nitrogens is 2. The van der Waals surface area contributed by atoms with Crippen LogP contribution in [0, 0.1) is 17.3 Å². The molecule has 5 N–H and O–H groups in total. The summed E-state index contributed by atoms with van der Waals surface area (Å²) >= 11 is 0. The van der Waals surface area contributed by atoms with Gasteiger partial charge in [0.1, 0.15) is 11.6 Å². The van der Waals surface area contributed by atoms with Crippen molar-refractivity contribution in [2.24, 2.45) is 17.3 Å². The van der Waals surface area contributed by atoms with Crippen LogP contribution in [0.25, 0.3) is 0 Å². The van der Waals surface area contributed by atoms with Gasteiger partial charge in [-0.25, -0.2) is 4.98 Å². The minimum absolute atomic E-state index is 0.0352. The second-order valence-corrected chi connectivity index (χ2v) is 11.9. The molecular weight excluding hydrogens is 582 g/mol. The molecule has 3 amide bonds. The minimum atomic E-state index is -1.13. The number of phenols is 2. The molecular formula is C32H47N5O8. The standard InChI is InChI=1S/C32H47N5O8/c1-22(38)16-24(18-28(41)35-10-8-23-6-7-26(39)27(40)17-23)30(43)32(2,3)20-25(31(44)36-12-15-45-4)19-29(42)34-9-5-13-37-14-11-33-21-37/h6-7,11,14,17,21,24-25,39-40H,5,8-10,12-13,15-16,18-20H2,1-4H3,(H,34,42)(H,35,41)(H,36,44). The van der Waals surface area contributed by atoms with Crippen molar-refractivity contribution in [2.75, 3.05) is 33.4 Å². The largest absolute Gasteiger partial charge is 0.504 e. The van der Waals surface area contributed by atoms with Crippen molar-refractivity contribution in [2.45, 2.75) is 65.8 Å². The van der Waals surface area contributed by atoms with Crippen LogP contribution in [0.1, 0.15) is 58.4 Å². The molecule has 13 heteroatoms. The number of ketones is 2. The van der Waals surface area contributed by atoms with Gasteiger partial charge in [0.15, 0.2) is 11.5 Å². The van der Waals surface area contributed by atoms with Gasteiger partial charge >= 0.3 is 0 Å². The number of aromatic hydroxyl groups is 2. The Balaban J connectivity index is 2.03. The predicted octanol–water partition coefficient (Wildman–Crippen LogP) is 1.90. The minimum Gasteiger partial charge on any atom is -0.504 e. The summed E-state index contributed by atoms with van der Waals surface area (Å²) in [7, 11) is 1.51. The van der Waals surface area contributed by atoms with Crippen LogP contribution in [0.2, 0.25) is 0 Å². The molecule has 2 aromatic rings. The number of nitrogens with one attached hydrogen (secondary N) is 3. The van der Waals surface area contributed by atoms with Crippen LogP contribution in [0.3, 0.4) is 0 Å². The zero-order valence-electron chi connectivity index (χ0n) is 26.6. The van der Waals surface area contributed by atoms with Crippen molar-refractivity contribution >= 4 is 29.3 Å². The third-order valence-corrected chi connectivity index (χ3v) is 7.42. The van der Waals surface area contributed by atoms with Gasteiger partial charge < -0.3 is 40.3 Å². The van der Waals surface area contributed by atoms with Gasteiger partial charge in [-0.05, 0) is 43.9 Å². The Morgan fingerprint density at radius 2 is 1.62 bits per heavy atom. The lowest BCUT2D eigenvalue weighted by Gasteiger charge is -2.31. The molecule has 1 aromatic heterocycles. The molecule has 1 heterocycles. The van der Waals surface area contributed by atoms with Crippen molar-refractivity contribution in [3.63, 3.8) is 0 Å². The van der Waals surface area contributed by atoms with Gasteiger partial charge in [0, 0.05) is 82.2 Å². The summed E-state index contributed by atoms with van der Waals surface area (Å²) in [5, 5.41) is 27.5. The zero-order valence-corrected chi connectivity index (χ0v) is 26.6. The number of carbonyl (C=O) groups excluding carboxylic acids is 5. The first kappa shape index (κ1) is 36.9. The molecule has 0 aliphatic rings. The molecule has 2 atom stereocenters. The van der Waals surface area contributed by atoms with Gasteiger partial charge in [-0.2, -0.15) is 0 Å². The van der Waals surface area contributed by atoms with Crippen LogP contribution < -0.4 is 16.0 Å². The maximum Gasteiger partial charge on any atom is 0.223 e. The Bertz CT molecular complexity index is 1280. The number of phenolic OH excluding ortho intramolecular Hbond substituents is 2. The van der Waals surface area contributed by atoms with Crippen LogP contribution in [-0.4, -0.2) is 82.4 Å². The predicted molar refractivity (Wildman–Crippen MR) is 166 cm³/mol. The smallest absolute Gasteiger partial charge is 0.223 e. The third kappa shape index (κ3) is 13.5. The number of imidazole rings is 1. The van der Waals surface area contributed by atoms with E-state index in [1.807, 2.05) is 10.8 Å². The lowest BCUT2D eigenvalue weighted by molar-refractivity contribution is -0.139. The van der Waals surface area contributed by atoms with Crippen LogP contribution >= 0.6 is 0 Å². The number of methoxy groups -OCH3 is 1. The molecule has 0 spiro atoms. The molecule has 0 saturated heterocycles. The SMILES string of the molecule is COCCNC(=O)C(CC(=O)NCCCn1ccnc1)CC(C)(C)C(=O)C(CC(C)=O)CC(=O)NCCc1ccc(O)c(O)c1. The Morgan fingerprint density at radius 1 is 0.933 bits per heavy atom. The molecule has 0 radical (unpaired) electrons. The number of rotatable bonds is 21. The van der Waals surface area contributed by atoms with Crippen molar-refractivity contribution < 1.29 is 38.9 Å². The summed E-state index contributed by atoms with van der Waals surface area (Å²) in [5.41, 5.74) is -0.435. The van der Waals surface area contributed by atoms with Gasteiger partial charge in [0.05, 0.1) is 12.9 Å². The number of nitrogens with zero attached hydrogens (tertiary/aromatic N) is 2. The highest BCUT2D eigenvalue weighted by atomic mass is 16.5. The number of Topliss-reactive ketones (excluding diaryl/α,β-unsaturated/α-hetero) is 2. The molecule has 2 unspecified atom stereocenters. The van der Waals surface area contributed by atoms with Crippen molar-refractivity contribution in [3.05, 3.63) is 42.5 Å². The fourth-order valence-corrected chi connectivity index (χ4v) is 5.12. The van der Waals surface area contributed by atoms with E-state index in [1.54, 1.807) is 32.4 Å². The maximum absolute atomic E-state index is 13.8. The average molecular weight is 630 g/mol. The Kier molecular flexibility index (Phi) is 15.2. The Labute approximate surface area is 264 Å². The van der Waals surface area contributed by atoms with Gasteiger partial charge in [-0.3, -0.25) is 19.2 Å². The van der Waals surface area contributed by atoms with E-state index in [4.69, 9.17) is 4.74 Å². The van der Waals surface area contributed by atoms with Crippen LogP contribution in [0.5, 0.6) is 11.5 Å². The van der Waals surface area contributed by atoms with Crippen molar-refractivity contribution in [3.8, 4) is 11.5 Å². The molecule has 13 nitrogen and oxygen atoms in total.